The lowest BCUT2D eigenvalue weighted by Gasteiger charge is -2.08. The Labute approximate surface area is 206 Å². The van der Waals surface area contributed by atoms with Crippen LogP contribution in [0.4, 0.5) is 5.00 Å². The van der Waals surface area contributed by atoms with E-state index in [0.29, 0.717) is 22.8 Å². The van der Waals surface area contributed by atoms with Crippen molar-refractivity contribution in [1.29, 1.82) is 0 Å². The summed E-state index contributed by atoms with van der Waals surface area (Å²) in [5.41, 5.74) is 5.95. The van der Waals surface area contributed by atoms with Crippen molar-refractivity contribution in [2.24, 2.45) is 5.73 Å². The Morgan fingerprint density at radius 1 is 1.30 bits per heavy atom. The van der Waals surface area contributed by atoms with Crippen molar-refractivity contribution in [2.75, 3.05) is 11.9 Å². The summed E-state index contributed by atoms with van der Waals surface area (Å²) in [5, 5.41) is 7.40. The van der Waals surface area contributed by atoms with Gasteiger partial charge in [-0.15, -0.1) is 11.3 Å². The van der Waals surface area contributed by atoms with E-state index in [4.69, 9.17) is 26.8 Å². The molecule has 174 valence electrons. The van der Waals surface area contributed by atoms with Crippen LogP contribution in [0.25, 0.3) is 0 Å². The molecule has 0 saturated heterocycles. The zero-order valence-electron chi connectivity index (χ0n) is 17.7. The first-order chi connectivity index (χ1) is 15.7. The normalized spacial score (nSPS) is 10.7. The van der Waals surface area contributed by atoms with Crippen molar-refractivity contribution in [3.05, 3.63) is 61.7 Å². The molecule has 0 fully saturated rings. The quantitative estimate of drug-likeness (QED) is 0.371. The molecule has 3 aromatic rings. The van der Waals surface area contributed by atoms with Crippen molar-refractivity contribution >= 4 is 61.7 Å². The molecular weight excluding hydrogens is 536 g/mol. The molecule has 0 unspecified atom stereocenters. The minimum atomic E-state index is -0.699. The average molecular weight is 556 g/mol. The lowest BCUT2D eigenvalue weighted by Crippen LogP contribution is -2.16. The number of anilines is 1. The summed E-state index contributed by atoms with van der Waals surface area (Å²) in [4.78, 5) is 37.2. The number of aromatic nitrogens is 2. The highest BCUT2D eigenvalue weighted by atomic mass is 79.9. The molecule has 0 radical (unpaired) electrons. The number of carbonyl (C=O) groups excluding carboxylic acids is 3. The number of esters is 1. The standard InChI is InChI=1S/C21H20BrClN4O5S/c1-3-8-31-21(30)16-11(2)17(18(24)28)33-20(16)25-19(29)14-6-7-27(26-14)10-32-15-5-4-12(22)9-13(15)23/h4-7,9H,3,8,10H2,1-2H3,(H2,24,28)(H,25,29). The molecule has 9 nitrogen and oxygen atoms in total. The van der Waals surface area contributed by atoms with Crippen LogP contribution in [-0.4, -0.2) is 34.2 Å². The van der Waals surface area contributed by atoms with E-state index < -0.39 is 17.8 Å². The summed E-state index contributed by atoms with van der Waals surface area (Å²) in [7, 11) is 0. The molecule has 2 amide bonds. The Hall–Kier alpha value is -2.89. The molecular formula is C21H20BrClN4O5S. The van der Waals surface area contributed by atoms with E-state index in [-0.39, 0.29) is 34.5 Å². The Balaban J connectivity index is 1.75. The van der Waals surface area contributed by atoms with E-state index in [0.717, 1.165) is 15.8 Å². The highest BCUT2D eigenvalue weighted by Crippen LogP contribution is 2.34. The fraction of sp³-hybridized carbons (Fsp3) is 0.238. The molecule has 0 spiro atoms. The molecule has 0 aliphatic carbocycles. The van der Waals surface area contributed by atoms with E-state index in [2.05, 4.69) is 26.3 Å². The van der Waals surface area contributed by atoms with E-state index in [1.54, 1.807) is 31.3 Å². The Kier molecular flexibility index (Phi) is 8.11. The molecule has 33 heavy (non-hydrogen) atoms. The molecule has 2 aromatic heterocycles. The highest BCUT2D eigenvalue weighted by Gasteiger charge is 2.26. The lowest BCUT2D eigenvalue weighted by molar-refractivity contribution is 0.0506. The first-order valence-corrected chi connectivity index (χ1v) is 11.7. The van der Waals surface area contributed by atoms with Crippen LogP contribution in [0.15, 0.2) is 34.9 Å². The SMILES string of the molecule is CCCOC(=O)c1c(NC(=O)c2ccn(COc3ccc(Br)cc3Cl)n2)sc(C(N)=O)c1C. The fourth-order valence-electron chi connectivity index (χ4n) is 2.80. The van der Waals surface area contributed by atoms with Gasteiger partial charge in [0.05, 0.1) is 22.1 Å². The van der Waals surface area contributed by atoms with Crippen LogP contribution in [-0.2, 0) is 11.5 Å². The molecule has 0 aliphatic heterocycles. The van der Waals surface area contributed by atoms with Gasteiger partial charge >= 0.3 is 5.97 Å². The van der Waals surface area contributed by atoms with E-state index in [9.17, 15) is 14.4 Å². The van der Waals surface area contributed by atoms with Gasteiger partial charge in [-0.3, -0.25) is 9.59 Å². The van der Waals surface area contributed by atoms with Crippen molar-refractivity contribution in [1.82, 2.24) is 9.78 Å². The molecule has 2 heterocycles. The monoisotopic (exact) mass is 554 g/mol. The maximum Gasteiger partial charge on any atom is 0.341 e. The molecule has 3 N–H and O–H groups in total. The van der Waals surface area contributed by atoms with Crippen molar-refractivity contribution in [3.63, 3.8) is 0 Å². The number of halogens is 2. The number of ether oxygens (including phenoxy) is 2. The average Bonchev–Trinajstić information content (AvgIpc) is 3.36. The Morgan fingerprint density at radius 3 is 2.73 bits per heavy atom. The number of nitrogens with zero attached hydrogens (tertiary/aromatic N) is 2. The molecule has 0 saturated carbocycles. The van der Waals surface area contributed by atoms with Crippen molar-refractivity contribution < 1.29 is 23.9 Å². The number of amides is 2. The maximum atomic E-state index is 12.8. The van der Waals surface area contributed by atoms with Crippen LogP contribution in [0.2, 0.25) is 5.02 Å². The summed E-state index contributed by atoms with van der Waals surface area (Å²) in [5.74, 6) is -1.45. The van der Waals surface area contributed by atoms with E-state index in [1.807, 2.05) is 6.92 Å². The molecule has 1 aromatic carbocycles. The van der Waals surface area contributed by atoms with Crippen LogP contribution in [0, 0.1) is 6.92 Å². The van der Waals surface area contributed by atoms with E-state index in [1.165, 1.54) is 10.7 Å². The Morgan fingerprint density at radius 2 is 2.06 bits per heavy atom. The topological polar surface area (TPSA) is 126 Å². The second-order valence-corrected chi connectivity index (χ2v) is 9.15. The number of rotatable bonds is 9. The highest BCUT2D eigenvalue weighted by molar-refractivity contribution is 9.10. The van der Waals surface area contributed by atoms with Crippen molar-refractivity contribution in [2.45, 2.75) is 27.0 Å². The summed E-state index contributed by atoms with van der Waals surface area (Å²) in [6.07, 6.45) is 2.19. The largest absolute Gasteiger partial charge is 0.470 e. The van der Waals surface area contributed by atoms with Gasteiger partial charge in [0.15, 0.2) is 12.4 Å². The molecule has 0 atom stereocenters. The third-order valence-electron chi connectivity index (χ3n) is 4.36. The van der Waals surface area contributed by atoms with Gasteiger partial charge in [0.25, 0.3) is 11.8 Å². The number of benzene rings is 1. The van der Waals surface area contributed by atoms with Crippen LogP contribution in [0.3, 0.4) is 0 Å². The smallest absolute Gasteiger partial charge is 0.341 e. The third kappa shape index (κ3) is 5.92. The summed E-state index contributed by atoms with van der Waals surface area (Å²) < 4.78 is 13.1. The van der Waals surface area contributed by atoms with Crippen LogP contribution >= 0.6 is 38.9 Å². The number of nitrogens with one attached hydrogen (secondary N) is 1. The number of carbonyl (C=O) groups is 3. The fourth-order valence-corrected chi connectivity index (χ4v) is 4.57. The van der Waals surface area contributed by atoms with Gasteiger partial charge in [0.1, 0.15) is 10.8 Å². The predicted octanol–water partition coefficient (Wildman–Crippen LogP) is 4.62. The second kappa shape index (κ2) is 10.8. The minimum absolute atomic E-state index is 0.0210. The lowest BCUT2D eigenvalue weighted by atomic mass is 10.1. The minimum Gasteiger partial charge on any atom is -0.470 e. The molecule has 0 aliphatic rings. The zero-order valence-corrected chi connectivity index (χ0v) is 20.8. The number of hydrogen-bond donors (Lipinski definition) is 2. The number of primary amides is 1. The molecule has 12 heteroatoms. The first-order valence-electron chi connectivity index (χ1n) is 9.74. The van der Waals surface area contributed by atoms with Gasteiger partial charge < -0.3 is 20.5 Å². The van der Waals surface area contributed by atoms with Crippen LogP contribution in [0.5, 0.6) is 5.75 Å². The summed E-state index contributed by atoms with van der Waals surface area (Å²) >= 11 is 10.4. The van der Waals surface area contributed by atoms with Crippen molar-refractivity contribution in [3.8, 4) is 5.75 Å². The predicted molar refractivity (Wildman–Crippen MR) is 128 cm³/mol. The summed E-state index contributed by atoms with van der Waals surface area (Å²) in [6.45, 7) is 3.66. The van der Waals surface area contributed by atoms with Gasteiger partial charge in [-0.1, -0.05) is 34.5 Å². The van der Waals surface area contributed by atoms with E-state index >= 15 is 0 Å². The number of nitrogens with two attached hydrogens (primary N) is 1. The van der Waals surface area contributed by atoms with Crippen LogP contribution in [0.1, 0.15) is 49.4 Å². The second-order valence-electron chi connectivity index (χ2n) is 6.80. The van der Waals surface area contributed by atoms with Gasteiger partial charge in [-0.2, -0.15) is 5.10 Å². The number of thiophene rings is 1. The molecule has 0 bridgehead atoms. The van der Waals surface area contributed by atoms with Gasteiger partial charge in [0, 0.05) is 10.7 Å². The Bertz CT molecular complexity index is 1210. The zero-order chi connectivity index (χ0) is 24.1. The summed E-state index contributed by atoms with van der Waals surface area (Å²) in [6, 6.07) is 6.69. The maximum absolute atomic E-state index is 12.8. The van der Waals surface area contributed by atoms with Crippen LogP contribution < -0.4 is 15.8 Å². The van der Waals surface area contributed by atoms with Gasteiger partial charge in [0.2, 0.25) is 0 Å². The first kappa shape index (κ1) is 24.7. The van der Waals surface area contributed by atoms with Gasteiger partial charge in [-0.05, 0) is 43.2 Å². The molecule has 3 rings (SSSR count). The number of hydrogen-bond acceptors (Lipinski definition) is 7. The third-order valence-corrected chi connectivity index (χ3v) is 6.37. The van der Waals surface area contributed by atoms with Gasteiger partial charge in [-0.25, -0.2) is 9.48 Å².